The Balaban J connectivity index is 2.27. The van der Waals surface area contributed by atoms with Crippen molar-refractivity contribution in [3.63, 3.8) is 0 Å². The van der Waals surface area contributed by atoms with Crippen molar-refractivity contribution in [2.45, 2.75) is 64.3 Å². The van der Waals surface area contributed by atoms with E-state index in [0.29, 0.717) is 5.92 Å². The van der Waals surface area contributed by atoms with E-state index in [2.05, 4.69) is 23.6 Å². The summed E-state index contributed by atoms with van der Waals surface area (Å²) >= 11 is 2.08. The fourth-order valence-electron chi connectivity index (χ4n) is 3.66. The van der Waals surface area contributed by atoms with Gasteiger partial charge in [-0.05, 0) is 24.5 Å². The van der Waals surface area contributed by atoms with Gasteiger partial charge in [-0.1, -0.05) is 39.0 Å². The molecule has 27 heavy (non-hydrogen) atoms. The Labute approximate surface area is 171 Å². The SMILES string of the molecule is CCCCCCC(CCCSCCN1CCOCC1)CC(OC)(OC)OC. The fraction of sp³-hybridized carbons (Fsp3) is 1.00. The van der Waals surface area contributed by atoms with E-state index in [4.69, 9.17) is 18.9 Å². The molecular weight excluding hydrogens is 362 g/mol. The third-order valence-corrected chi connectivity index (χ3v) is 6.54. The van der Waals surface area contributed by atoms with Crippen molar-refractivity contribution in [2.24, 2.45) is 5.92 Å². The van der Waals surface area contributed by atoms with E-state index in [-0.39, 0.29) is 0 Å². The third-order valence-electron chi connectivity index (χ3n) is 5.49. The molecule has 0 amide bonds. The number of unbranched alkanes of at least 4 members (excludes halogenated alkanes) is 3. The van der Waals surface area contributed by atoms with E-state index in [1.165, 1.54) is 63.0 Å². The van der Waals surface area contributed by atoms with Crippen molar-refractivity contribution in [1.29, 1.82) is 0 Å². The minimum atomic E-state index is -0.890. The number of rotatable bonds is 17. The molecule has 0 bridgehead atoms. The van der Waals surface area contributed by atoms with Crippen molar-refractivity contribution in [1.82, 2.24) is 4.90 Å². The molecule has 0 radical (unpaired) electrons. The number of hydrogen-bond acceptors (Lipinski definition) is 6. The lowest BCUT2D eigenvalue weighted by Crippen LogP contribution is -2.38. The molecular formula is C21H43NO4S. The maximum absolute atomic E-state index is 5.54. The van der Waals surface area contributed by atoms with Crippen molar-refractivity contribution < 1.29 is 18.9 Å². The molecule has 0 saturated carbocycles. The molecule has 1 unspecified atom stereocenters. The number of hydrogen-bond donors (Lipinski definition) is 0. The lowest BCUT2D eigenvalue weighted by atomic mass is 9.92. The summed E-state index contributed by atoms with van der Waals surface area (Å²) in [6, 6.07) is 0. The molecule has 5 nitrogen and oxygen atoms in total. The molecule has 0 spiro atoms. The zero-order valence-corrected chi connectivity index (χ0v) is 19.0. The summed E-state index contributed by atoms with van der Waals surface area (Å²) in [5, 5.41) is 0. The molecule has 1 fully saturated rings. The molecule has 162 valence electrons. The monoisotopic (exact) mass is 405 g/mol. The minimum Gasteiger partial charge on any atom is -0.379 e. The largest absolute Gasteiger partial charge is 0.379 e. The quantitative estimate of drug-likeness (QED) is 0.264. The molecule has 0 aliphatic carbocycles. The van der Waals surface area contributed by atoms with Crippen LogP contribution in [0, 0.1) is 5.92 Å². The van der Waals surface area contributed by atoms with Crippen molar-refractivity contribution in [3.8, 4) is 0 Å². The van der Waals surface area contributed by atoms with Gasteiger partial charge in [0.2, 0.25) is 0 Å². The maximum Gasteiger partial charge on any atom is 0.282 e. The molecule has 1 saturated heterocycles. The second-order valence-corrected chi connectivity index (χ2v) is 8.65. The van der Waals surface area contributed by atoms with Gasteiger partial charge in [-0.3, -0.25) is 4.90 Å². The van der Waals surface area contributed by atoms with Gasteiger partial charge in [0.1, 0.15) is 0 Å². The second-order valence-electron chi connectivity index (χ2n) is 7.42. The van der Waals surface area contributed by atoms with Gasteiger partial charge in [0.05, 0.1) is 13.2 Å². The predicted octanol–water partition coefficient (Wildman–Crippen LogP) is 4.40. The first-order valence-electron chi connectivity index (χ1n) is 10.7. The normalized spacial score (nSPS) is 17.3. The molecule has 0 aromatic rings. The van der Waals surface area contributed by atoms with E-state index < -0.39 is 5.97 Å². The first-order chi connectivity index (χ1) is 13.2. The summed E-state index contributed by atoms with van der Waals surface area (Å²) in [5.41, 5.74) is 0. The van der Waals surface area contributed by atoms with Crippen LogP contribution in [0.4, 0.5) is 0 Å². The lowest BCUT2D eigenvalue weighted by Gasteiger charge is -2.32. The zero-order valence-electron chi connectivity index (χ0n) is 18.2. The highest BCUT2D eigenvalue weighted by atomic mass is 32.2. The number of thioether (sulfide) groups is 1. The van der Waals surface area contributed by atoms with E-state index in [1.807, 2.05) is 0 Å². The van der Waals surface area contributed by atoms with Gasteiger partial charge in [0.25, 0.3) is 5.97 Å². The van der Waals surface area contributed by atoms with Crippen LogP contribution in [0.1, 0.15) is 58.3 Å². The number of methoxy groups -OCH3 is 3. The molecule has 1 aliphatic heterocycles. The van der Waals surface area contributed by atoms with Crippen LogP contribution in [0.15, 0.2) is 0 Å². The molecule has 0 N–H and O–H groups in total. The summed E-state index contributed by atoms with van der Waals surface area (Å²) < 4.78 is 22.0. The van der Waals surface area contributed by atoms with Crippen molar-refractivity contribution in [3.05, 3.63) is 0 Å². The number of morpholine rings is 1. The van der Waals surface area contributed by atoms with Crippen LogP contribution in [-0.2, 0) is 18.9 Å². The average Bonchev–Trinajstić information content (AvgIpc) is 2.72. The second kappa shape index (κ2) is 16.0. The van der Waals surface area contributed by atoms with Gasteiger partial charge in [0.15, 0.2) is 0 Å². The standard InChI is InChI=1S/C21H43NO4S/c1-5-6-7-8-10-20(19-21(23-2,24-3)25-4)11-9-17-27-18-14-22-12-15-26-16-13-22/h20H,5-19H2,1-4H3. The maximum atomic E-state index is 5.54. The molecule has 1 aliphatic rings. The van der Waals surface area contributed by atoms with Gasteiger partial charge < -0.3 is 18.9 Å². The Morgan fingerprint density at radius 3 is 2.22 bits per heavy atom. The molecule has 1 rings (SSSR count). The summed E-state index contributed by atoms with van der Waals surface area (Å²) in [7, 11) is 5.01. The van der Waals surface area contributed by atoms with Crippen molar-refractivity contribution in [2.75, 3.05) is 65.7 Å². The van der Waals surface area contributed by atoms with E-state index >= 15 is 0 Å². The van der Waals surface area contributed by atoms with Gasteiger partial charge in [0, 0.05) is 53.1 Å². The van der Waals surface area contributed by atoms with Crippen molar-refractivity contribution >= 4 is 11.8 Å². The average molecular weight is 406 g/mol. The van der Waals surface area contributed by atoms with Crippen LogP contribution >= 0.6 is 11.8 Å². The van der Waals surface area contributed by atoms with Gasteiger partial charge in [-0.15, -0.1) is 0 Å². The summed E-state index contributed by atoms with van der Waals surface area (Å²) in [6.07, 6.45) is 9.72. The van der Waals surface area contributed by atoms with E-state index in [9.17, 15) is 0 Å². The minimum absolute atomic E-state index is 0.585. The molecule has 1 atom stereocenters. The Bertz CT molecular complexity index is 328. The van der Waals surface area contributed by atoms with Crippen LogP contribution in [0.3, 0.4) is 0 Å². The summed E-state index contributed by atoms with van der Waals surface area (Å²) in [4.78, 5) is 2.51. The van der Waals surface area contributed by atoms with Crippen LogP contribution in [0.2, 0.25) is 0 Å². The van der Waals surface area contributed by atoms with Gasteiger partial charge in [-0.2, -0.15) is 11.8 Å². The van der Waals surface area contributed by atoms with Crippen LogP contribution in [0.5, 0.6) is 0 Å². The molecule has 1 heterocycles. The highest BCUT2D eigenvalue weighted by Crippen LogP contribution is 2.30. The van der Waals surface area contributed by atoms with Gasteiger partial charge >= 0.3 is 0 Å². The Kier molecular flexibility index (Phi) is 14.9. The summed E-state index contributed by atoms with van der Waals surface area (Å²) in [6.45, 7) is 7.42. The lowest BCUT2D eigenvalue weighted by molar-refractivity contribution is -0.359. The number of ether oxygens (including phenoxy) is 4. The Morgan fingerprint density at radius 1 is 0.926 bits per heavy atom. The Morgan fingerprint density at radius 2 is 1.59 bits per heavy atom. The highest BCUT2D eigenvalue weighted by Gasteiger charge is 2.32. The molecule has 6 heteroatoms. The fourth-order valence-corrected chi connectivity index (χ4v) is 4.62. The molecule has 0 aromatic carbocycles. The number of nitrogens with zero attached hydrogens (tertiary/aromatic N) is 1. The van der Waals surface area contributed by atoms with E-state index in [0.717, 1.165) is 32.7 Å². The summed E-state index contributed by atoms with van der Waals surface area (Å²) in [5.74, 6) is 2.15. The predicted molar refractivity (Wildman–Crippen MR) is 114 cm³/mol. The smallest absolute Gasteiger partial charge is 0.282 e. The van der Waals surface area contributed by atoms with E-state index in [1.54, 1.807) is 21.3 Å². The third kappa shape index (κ3) is 11.1. The van der Waals surface area contributed by atoms with Crippen LogP contribution in [-0.4, -0.2) is 76.6 Å². The van der Waals surface area contributed by atoms with Crippen LogP contribution in [0.25, 0.3) is 0 Å². The molecule has 0 aromatic heterocycles. The zero-order chi connectivity index (χ0) is 19.8. The Hall–Kier alpha value is 0.150. The first-order valence-corrected chi connectivity index (χ1v) is 11.9. The topological polar surface area (TPSA) is 40.2 Å². The first kappa shape index (κ1) is 25.2. The van der Waals surface area contributed by atoms with Gasteiger partial charge in [-0.25, -0.2) is 0 Å². The highest BCUT2D eigenvalue weighted by molar-refractivity contribution is 7.99. The van der Waals surface area contributed by atoms with Crippen LogP contribution < -0.4 is 0 Å².